The van der Waals surface area contributed by atoms with Crippen molar-refractivity contribution in [2.75, 3.05) is 68.9 Å². The minimum atomic E-state index is -0.565. The van der Waals surface area contributed by atoms with Crippen LogP contribution in [0.2, 0.25) is 0 Å². The molecular formula is C15H25N7O4. The second-order valence-corrected chi connectivity index (χ2v) is 6.28. The van der Waals surface area contributed by atoms with E-state index in [4.69, 9.17) is 15.2 Å². The summed E-state index contributed by atoms with van der Waals surface area (Å²) in [5, 5.41) is 17.4. The summed E-state index contributed by atoms with van der Waals surface area (Å²) < 4.78 is 10.8. The van der Waals surface area contributed by atoms with Crippen molar-refractivity contribution in [1.82, 2.24) is 14.9 Å². The van der Waals surface area contributed by atoms with Gasteiger partial charge in [-0.15, -0.1) is 0 Å². The van der Waals surface area contributed by atoms with Crippen molar-refractivity contribution in [1.29, 1.82) is 0 Å². The zero-order chi connectivity index (χ0) is 18.4. The van der Waals surface area contributed by atoms with Gasteiger partial charge < -0.3 is 25.8 Å². The third-order valence-electron chi connectivity index (χ3n) is 4.43. The largest absolute Gasteiger partial charge is 0.379 e. The monoisotopic (exact) mass is 367 g/mol. The molecule has 3 rings (SSSR count). The molecule has 11 nitrogen and oxygen atoms in total. The number of nitrogens with one attached hydrogen (secondary N) is 2. The van der Waals surface area contributed by atoms with Crippen LogP contribution in [-0.4, -0.2) is 78.4 Å². The first-order valence-electron chi connectivity index (χ1n) is 8.85. The molecule has 0 aromatic carbocycles. The van der Waals surface area contributed by atoms with Crippen LogP contribution in [0.15, 0.2) is 0 Å². The molecule has 0 aliphatic carbocycles. The van der Waals surface area contributed by atoms with Crippen LogP contribution < -0.4 is 16.4 Å². The number of nitro groups is 1. The Labute approximate surface area is 151 Å². The van der Waals surface area contributed by atoms with Gasteiger partial charge in [0, 0.05) is 39.3 Å². The number of anilines is 3. The molecule has 0 unspecified atom stereocenters. The van der Waals surface area contributed by atoms with Crippen molar-refractivity contribution in [3.63, 3.8) is 0 Å². The zero-order valence-electron chi connectivity index (χ0n) is 14.6. The molecule has 26 heavy (non-hydrogen) atoms. The number of nitrogen functional groups attached to an aromatic ring is 1. The summed E-state index contributed by atoms with van der Waals surface area (Å²) in [4.78, 5) is 21.3. The van der Waals surface area contributed by atoms with Crippen LogP contribution in [-0.2, 0) is 9.47 Å². The fraction of sp³-hybridized carbons (Fsp3) is 0.733. The molecule has 2 saturated heterocycles. The number of nitrogens with zero attached hydrogens (tertiary/aromatic N) is 4. The Hall–Kier alpha value is -2.24. The summed E-state index contributed by atoms with van der Waals surface area (Å²) in [5.74, 6) is 0.233. The fourth-order valence-corrected chi connectivity index (χ4v) is 3.02. The van der Waals surface area contributed by atoms with Crippen LogP contribution in [0.5, 0.6) is 0 Å². The minimum Gasteiger partial charge on any atom is -0.379 e. The van der Waals surface area contributed by atoms with Crippen molar-refractivity contribution in [2.45, 2.75) is 18.9 Å². The van der Waals surface area contributed by atoms with E-state index in [9.17, 15) is 10.1 Å². The average Bonchev–Trinajstić information content (AvgIpc) is 3.14. The molecule has 2 aliphatic heterocycles. The van der Waals surface area contributed by atoms with E-state index in [1.54, 1.807) is 0 Å². The molecule has 0 saturated carbocycles. The standard InChI is InChI=1S/C15H25N7O4/c16-13-12(22(23)24)14(18-10-11-2-1-7-26-11)20-15(19-13)17-3-4-21-5-8-25-9-6-21/h11H,1-10H2,(H4,16,17,18,19,20)/t11-/m1/s1. The van der Waals surface area contributed by atoms with Gasteiger partial charge in [-0.3, -0.25) is 15.0 Å². The Morgan fingerprint density at radius 2 is 2.08 bits per heavy atom. The van der Waals surface area contributed by atoms with Crippen LogP contribution >= 0.6 is 0 Å². The first-order chi connectivity index (χ1) is 12.6. The van der Waals surface area contributed by atoms with E-state index < -0.39 is 4.92 Å². The molecule has 2 fully saturated rings. The van der Waals surface area contributed by atoms with Crippen LogP contribution in [0.1, 0.15) is 12.8 Å². The first kappa shape index (κ1) is 18.5. The molecule has 2 aliphatic rings. The van der Waals surface area contributed by atoms with Gasteiger partial charge in [-0.05, 0) is 12.8 Å². The predicted molar refractivity (Wildman–Crippen MR) is 96.3 cm³/mol. The van der Waals surface area contributed by atoms with E-state index in [2.05, 4.69) is 25.5 Å². The molecule has 1 aromatic heterocycles. The quantitative estimate of drug-likeness (QED) is 0.434. The number of ether oxygens (including phenoxy) is 2. The molecule has 0 amide bonds. The maximum atomic E-state index is 11.3. The molecule has 3 heterocycles. The van der Waals surface area contributed by atoms with Crippen molar-refractivity contribution in [3.8, 4) is 0 Å². The average molecular weight is 367 g/mol. The van der Waals surface area contributed by atoms with Crippen molar-refractivity contribution in [2.24, 2.45) is 0 Å². The number of aromatic nitrogens is 2. The van der Waals surface area contributed by atoms with Gasteiger partial charge in [0.25, 0.3) is 0 Å². The Balaban J connectivity index is 1.62. The van der Waals surface area contributed by atoms with Crippen LogP contribution in [0.3, 0.4) is 0 Å². The summed E-state index contributed by atoms with van der Waals surface area (Å²) in [6.07, 6.45) is 1.95. The van der Waals surface area contributed by atoms with Gasteiger partial charge in [-0.2, -0.15) is 9.97 Å². The molecule has 0 spiro atoms. The smallest absolute Gasteiger partial charge is 0.353 e. The van der Waals surface area contributed by atoms with Crippen LogP contribution in [0, 0.1) is 10.1 Å². The van der Waals surface area contributed by atoms with Crippen LogP contribution in [0.4, 0.5) is 23.3 Å². The van der Waals surface area contributed by atoms with Gasteiger partial charge in [0.15, 0.2) is 0 Å². The van der Waals surface area contributed by atoms with Crippen molar-refractivity contribution in [3.05, 3.63) is 10.1 Å². The highest BCUT2D eigenvalue weighted by Crippen LogP contribution is 2.29. The molecule has 11 heteroatoms. The third-order valence-corrected chi connectivity index (χ3v) is 4.43. The number of morpholine rings is 1. The Bertz CT molecular complexity index is 618. The summed E-state index contributed by atoms with van der Waals surface area (Å²) in [7, 11) is 0. The maximum absolute atomic E-state index is 11.3. The summed E-state index contributed by atoms with van der Waals surface area (Å²) in [5.41, 5.74) is 5.49. The molecule has 144 valence electrons. The van der Waals surface area contributed by atoms with E-state index in [0.717, 1.165) is 45.7 Å². The minimum absolute atomic E-state index is 0.0310. The highest BCUT2D eigenvalue weighted by atomic mass is 16.6. The van der Waals surface area contributed by atoms with Gasteiger partial charge in [0.05, 0.1) is 24.2 Å². The van der Waals surface area contributed by atoms with E-state index in [1.807, 2.05) is 0 Å². The van der Waals surface area contributed by atoms with E-state index >= 15 is 0 Å². The molecule has 4 N–H and O–H groups in total. The van der Waals surface area contributed by atoms with Gasteiger partial charge in [-0.25, -0.2) is 0 Å². The van der Waals surface area contributed by atoms with Crippen LogP contribution in [0.25, 0.3) is 0 Å². The Kier molecular flexibility index (Phi) is 6.36. The lowest BCUT2D eigenvalue weighted by Gasteiger charge is -2.26. The molecule has 0 bridgehead atoms. The molecule has 1 aromatic rings. The topological polar surface area (TPSA) is 141 Å². The summed E-state index contributed by atoms with van der Waals surface area (Å²) in [6.45, 7) is 5.83. The lowest BCUT2D eigenvalue weighted by molar-refractivity contribution is -0.383. The summed E-state index contributed by atoms with van der Waals surface area (Å²) in [6, 6.07) is 0. The van der Waals surface area contributed by atoms with E-state index in [0.29, 0.717) is 19.7 Å². The molecule has 1 atom stereocenters. The van der Waals surface area contributed by atoms with Gasteiger partial charge in [0.2, 0.25) is 17.6 Å². The summed E-state index contributed by atoms with van der Waals surface area (Å²) >= 11 is 0. The second-order valence-electron chi connectivity index (χ2n) is 6.28. The lowest BCUT2D eigenvalue weighted by Crippen LogP contribution is -2.39. The molecular weight excluding hydrogens is 342 g/mol. The highest BCUT2D eigenvalue weighted by Gasteiger charge is 2.24. The second kappa shape index (κ2) is 8.92. The Morgan fingerprint density at radius 3 is 2.77 bits per heavy atom. The lowest BCUT2D eigenvalue weighted by atomic mass is 10.2. The third kappa shape index (κ3) is 4.90. The Morgan fingerprint density at radius 1 is 1.27 bits per heavy atom. The maximum Gasteiger partial charge on any atom is 0.353 e. The normalized spacial score (nSPS) is 20.8. The van der Waals surface area contributed by atoms with Crippen molar-refractivity contribution < 1.29 is 14.4 Å². The number of rotatable bonds is 8. The van der Waals surface area contributed by atoms with Gasteiger partial charge in [-0.1, -0.05) is 0 Å². The van der Waals surface area contributed by atoms with Gasteiger partial charge >= 0.3 is 5.69 Å². The predicted octanol–water partition coefficient (Wildman–Crippen LogP) is 0.302. The SMILES string of the molecule is Nc1nc(NCCN2CCOCC2)nc(NC[C@H]2CCCO2)c1[N+](=O)[O-]. The van der Waals surface area contributed by atoms with E-state index in [1.165, 1.54) is 0 Å². The van der Waals surface area contributed by atoms with Crippen molar-refractivity contribution >= 4 is 23.3 Å². The highest BCUT2D eigenvalue weighted by molar-refractivity contribution is 5.69. The van der Waals surface area contributed by atoms with Gasteiger partial charge in [0.1, 0.15) is 0 Å². The number of hydrogen-bond donors (Lipinski definition) is 3. The number of hydrogen-bond acceptors (Lipinski definition) is 10. The number of nitrogens with two attached hydrogens (primary N) is 1. The zero-order valence-corrected chi connectivity index (χ0v) is 14.6. The van der Waals surface area contributed by atoms with E-state index in [-0.39, 0.29) is 29.4 Å². The fourth-order valence-electron chi connectivity index (χ4n) is 3.02. The molecule has 0 radical (unpaired) electrons. The first-order valence-corrected chi connectivity index (χ1v) is 8.85.